The van der Waals surface area contributed by atoms with Crippen LogP contribution in [0.5, 0.6) is 5.75 Å². The number of carbonyl (C=O) groups excluding carboxylic acids is 1. The predicted molar refractivity (Wildman–Crippen MR) is 108 cm³/mol. The first-order valence-corrected chi connectivity index (χ1v) is 10.1. The SMILES string of the molecule is Cc1cccc(C2(C(=O)N3CCC(Oc4cc(C)ccc4C)CC3)CC2)c1. The summed E-state index contributed by atoms with van der Waals surface area (Å²) in [5, 5.41) is 0. The molecule has 142 valence electrons. The molecule has 0 N–H and O–H groups in total. The van der Waals surface area contributed by atoms with Gasteiger partial charge in [0.15, 0.2) is 0 Å². The van der Waals surface area contributed by atoms with Crippen LogP contribution in [0.25, 0.3) is 0 Å². The van der Waals surface area contributed by atoms with Crippen LogP contribution in [-0.2, 0) is 10.2 Å². The quantitative estimate of drug-likeness (QED) is 0.787. The molecule has 1 aliphatic heterocycles. The lowest BCUT2D eigenvalue weighted by atomic mass is 9.92. The maximum absolute atomic E-state index is 13.2. The average molecular weight is 364 g/mol. The summed E-state index contributed by atoms with van der Waals surface area (Å²) in [6, 6.07) is 14.8. The Kier molecular flexibility index (Phi) is 4.71. The number of nitrogens with zero attached hydrogens (tertiary/aromatic N) is 1. The molecule has 2 aromatic carbocycles. The van der Waals surface area contributed by atoms with Gasteiger partial charge >= 0.3 is 0 Å². The molecule has 1 aliphatic carbocycles. The number of amides is 1. The van der Waals surface area contributed by atoms with Gasteiger partial charge in [0.05, 0.1) is 5.41 Å². The zero-order valence-electron chi connectivity index (χ0n) is 16.6. The monoisotopic (exact) mass is 363 g/mol. The lowest BCUT2D eigenvalue weighted by molar-refractivity contribution is -0.135. The number of likely N-dealkylation sites (tertiary alicyclic amines) is 1. The van der Waals surface area contributed by atoms with Gasteiger partial charge in [-0.1, -0.05) is 42.0 Å². The number of carbonyl (C=O) groups is 1. The summed E-state index contributed by atoms with van der Waals surface area (Å²) in [5.41, 5.74) is 4.56. The second-order valence-electron chi connectivity index (χ2n) is 8.33. The first kappa shape index (κ1) is 18.1. The van der Waals surface area contributed by atoms with Crippen molar-refractivity contribution in [2.45, 2.75) is 58.0 Å². The molecule has 2 fully saturated rings. The van der Waals surface area contributed by atoms with E-state index in [1.807, 2.05) is 0 Å². The van der Waals surface area contributed by atoms with Gasteiger partial charge in [-0.3, -0.25) is 4.79 Å². The van der Waals surface area contributed by atoms with Crippen LogP contribution in [0.15, 0.2) is 42.5 Å². The molecule has 0 unspecified atom stereocenters. The van der Waals surface area contributed by atoms with Gasteiger partial charge in [-0.25, -0.2) is 0 Å². The molecule has 1 saturated heterocycles. The molecule has 2 aliphatic rings. The molecule has 1 heterocycles. The van der Waals surface area contributed by atoms with Crippen LogP contribution in [0.3, 0.4) is 0 Å². The summed E-state index contributed by atoms with van der Waals surface area (Å²) >= 11 is 0. The fourth-order valence-corrected chi connectivity index (χ4v) is 4.19. The summed E-state index contributed by atoms with van der Waals surface area (Å²) in [4.78, 5) is 15.3. The topological polar surface area (TPSA) is 29.5 Å². The van der Waals surface area contributed by atoms with Gasteiger partial charge in [0.25, 0.3) is 0 Å². The highest BCUT2D eigenvalue weighted by Gasteiger charge is 2.53. The maximum Gasteiger partial charge on any atom is 0.233 e. The van der Waals surface area contributed by atoms with Crippen molar-refractivity contribution in [1.29, 1.82) is 0 Å². The zero-order chi connectivity index (χ0) is 19.0. The Morgan fingerprint density at radius 1 is 1.00 bits per heavy atom. The third kappa shape index (κ3) is 3.60. The van der Waals surface area contributed by atoms with E-state index in [9.17, 15) is 4.79 Å². The molecule has 4 rings (SSSR count). The van der Waals surface area contributed by atoms with Crippen LogP contribution in [0.4, 0.5) is 0 Å². The van der Waals surface area contributed by atoms with E-state index < -0.39 is 0 Å². The lowest BCUT2D eigenvalue weighted by Crippen LogP contribution is -2.46. The van der Waals surface area contributed by atoms with E-state index in [4.69, 9.17) is 4.74 Å². The molecule has 0 radical (unpaired) electrons. The third-order valence-electron chi connectivity index (χ3n) is 6.10. The van der Waals surface area contributed by atoms with Crippen molar-refractivity contribution in [3.8, 4) is 5.75 Å². The number of aryl methyl sites for hydroxylation is 3. The Labute approximate surface area is 162 Å². The van der Waals surface area contributed by atoms with E-state index >= 15 is 0 Å². The minimum atomic E-state index is -0.257. The largest absolute Gasteiger partial charge is 0.490 e. The number of ether oxygens (including phenoxy) is 1. The lowest BCUT2D eigenvalue weighted by Gasteiger charge is -2.35. The summed E-state index contributed by atoms with van der Waals surface area (Å²) in [5.74, 6) is 1.30. The van der Waals surface area contributed by atoms with Crippen LogP contribution >= 0.6 is 0 Å². The molecule has 27 heavy (non-hydrogen) atoms. The molecule has 1 saturated carbocycles. The fraction of sp³-hybridized carbons (Fsp3) is 0.458. The molecular formula is C24H29NO2. The van der Waals surface area contributed by atoms with Crippen LogP contribution in [0, 0.1) is 20.8 Å². The Balaban J connectivity index is 1.39. The highest BCUT2D eigenvalue weighted by Crippen LogP contribution is 2.50. The van der Waals surface area contributed by atoms with Gasteiger partial charge < -0.3 is 9.64 Å². The van der Waals surface area contributed by atoms with Crippen molar-refractivity contribution >= 4 is 5.91 Å². The van der Waals surface area contributed by atoms with Gasteiger partial charge in [0.1, 0.15) is 11.9 Å². The first-order chi connectivity index (χ1) is 13.0. The highest BCUT2D eigenvalue weighted by atomic mass is 16.5. The second-order valence-corrected chi connectivity index (χ2v) is 8.33. The minimum absolute atomic E-state index is 0.198. The summed E-state index contributed by atoms with van der Waals surface area (Å²) in [7, 11) is 0. The van der Waals surface area contributed by atoms with E-state index in [-0.39, 0.29) is 11.5 Å². The van der Waals surface area contributed by atoms with Crippen molar-refractivity contribution in [1.82, 2.24) is 4.90 Å². The normalized spacial score (nSPS) is 19.0. The van der Waals surface area contributed by atoms with Crippen molar-refractivity contribution in [2.24, 2.45) is 0 Å². The van der Waals surface area contributed by atoms with Crippen molar-refractivity contribution in [2.75, 3.05) is 13.1 Å². The zero-order valence-corrected chi connectivity index (χ0v) is 16.6. The third-order valence-corrected chi connectivity index (χ3v) is 6.10. The summed E-state index contributed by atoms with van der Waals surface area (Å²) in [6.07, 6.45) is 3.97. The first-order valence-electron chi connectivity index (χ1n) is 10.1. The number of benzene rings is 2. The Bertz CT molecular complexity index is 845. The number of rotatable bonds is 4. The predicted octanol–water partition coefficient (Wildman–Crippen LogP) is 4.71. The Morgan fingerprint density at radius 2 is 1.70 bits per heavy atom. The van der Waals surface area contributed by atoms with Gasteiger partial charge in [0, 0.05) is 25.9 Å². The minimum Gasteiger partial charge on any atom is -0.490 e. The molecule has 0 atom stereocenters. The van der Waals surface area contributed by atoms with Gasteiger partial charge in [0.2, 0.25) is 5.91 Å². The fourth-order valence-electron chi connectivity index (χ4n) is 4.19. The average Bonchev–Trinajstić information content (AvgIpc) is 3.47. The van der Waals surface area contributed by atoms with Crippen LogP contribution in [0.2, 0.25) is 0 Å². The van der Waals surface area contributed by atoms with Gasteiger partial charge in [-0.05, 0) is 56.4 Å². The molecular weight excluding hydrogens is 334 g/mol. The molecule has 0 spiro atoms. The van der Waals surface area contributed by atoms with Crippen molar-refractivity contribution in [3.05, 3.63) is 64.7 Å². The van der Waals surface area contributed by atoms with Crippen LogP contribution in [-0.4, -0.2) is 30.0 Å². The van der Waals surface area contributed by atoms with Crippen LogP contribution < -0.4 is 4.74 Å². The number of hydrogen-bond donors (Lipinski definition) is 0. The Hall–Kier alpha value is -2.29. The highest BCUT2D eigenvalue weighted by molar-refractivity contribution is 5.91. The second kappa shape index (κ2) is 7.03. The van der Waals surface area contributed by atoms with Crippen molar-refractivity contribution < 1.29 is 9.53 Å². The van der Waals surface area contributed by atoms with Gasteiger partial charge in [-0.15, -0.1) is 0 Å². The smallest absolute Gasteiger partial charge is 0.233 e. The van der Waals surface area contributed by atoms with E-state index in [0.717, 1.165) is 44.5 Å². The molecule has 1 amide bonds. The molecule has 2 aromatic rings. The summed E-state index contributed by atoms with van der Waals surface area (Å²) < 4.78 is 6.26. The van der Waals surface area contributed by atoms with E-state index in [1.54, 1.807) is 0 Å². The number of hydrogen-bond acceptors (Lipinski definition) is 2. The maximum atomic E-state index is 13.2. The van der Waals surface area contributed by atoms with E-state index in [0.29, 0.717) is 5.91 Å². The standard InChI is InChI=1S/C24H29NO2/c1-17-5-4-6-20(15-17)24(11-12-24)23(26)25-13-9-21(10-14-25)27-22-16-18(2)7-8-19(22)3/h4-8,15-16,21H,9-14H2,1-3H3. The molecule has 3 heteroatoms. The van der Waals surface area contributed by atoms with Crippen molar-refractivity contribution in [3.63, 3.8) is 0 Å². The Morgan fingerprint density at radius 3 is 2.37 bits per heavy atom. The molecule has 0 aromatic heterocycles. The van der Waals surface area contributed by atoms with E-state index in [2.05, 4.69) is 68.1 Å². The van der Waals surface area contributed by atoms with Gasteiger partial charge in [-0.2, -0.15) is 0 Å². The van der Waals surface area contributed by atoms with E-state index in [1.165, 1.54) is 22.3 Å². The molecule has 3 nitrogen and oxygen atoms in total. The number of piperidine rings is 1. The van der Waals surface area contributed by atoms with Crippen LogP contribution in [0.1, 0.15) is 47.9 Å². The summed E-state index contributed by atoms with van der Waals surface area (Å²) in [6.45, 7) is 7.87. The molecule has 0 bridgehead atoms.